The number of benzene rings is 1. The van der Waals surface area contributed by atoms with Gasteiger partial charge in [0.1, 0.15) is 4.90 Å². The van der Waals surface area contributed by atoms with Crippen molar-refractivity contribution in [2.75, 3.05) is 19.7 Å². The predicted octanol–water partition coefficient (Wildman–Crippen LogP) is 1.41. The molecule has 1 aromatic rings. The van der Waals surface area contributed by atoms with Crippen molar-refractivity contribution in [1.82, 2.24) is 4.90 Å². The lowest BCUT2D eigenvalue weighted by atomic mass is 9.90. The first-order valence-electron chi connectivity index (χ1n) is 7.24. The molecule has 0 N–H and O–H groups in total. The maximum Gasteiger partial charge on any atom is 0.313 e. The van der Waals surface area contributed by atoms with E-state index in [-0.39, 0.29) is 10.9 Å². The Kier molecular flexibility index (Phi) is 3.47. The highest BCUT2D eigenvalue weighted by atomic mass is 32.2. The summed E-state index contributed by atoms with van der Waals surface area (Å²) in [6.07, 6.45) is 0.618. The van der Waals surface area contributed by atoms with Crippen LogP contribution >= 0.6 is 0 Å². The van der Waals surface area contributed by atoms with Crippen LogP contribution in [0.3, 0.4) is 0 Å². The van der Waals surface area contributed by atoms with Gasteiger partial charge in [0.05, 0.1) is 12.0 Å². The first-order valence-corrected chi connectivity index (χ1v) is 8.68. The zero-order chi connectivity index (χ0) is 16.0. The van der Waals surface area contributed by atoms with E-state index in [4.69, 9.17) is 4.74 Å². The molecular weight excluding hydrogens is 304 g/mol. The lowest BCUT2D eigenvalue weighted by Crippen LogP contribution is -2.36. The predicted molar refractivity (Wildman–Crippen MR) is 81.1 cm³/mol. The summed E-state index contributed by atoms with van der Waals surface area (Å²) in [5, 5.41) is 0. The van der Waals surface area contributed by atoms with Gasteiger partial charge in [-0.3, -0.25) is 4.79 Å². The van der Waals surface area contributed by atoms with Crippen molar-refractivity contribution in [2.24, 2.45) is 9.81 Å². The minimum absolute atomic E-state index is 0.231. The first kappa shape index (κ1) is 15.0. The zero-order valence-electron chi connectivity index (χ0n) is 12.6. The minimum atomic E-state index is -3.63. The van der Waals surface area contributed by atoms with Gasteiger partial charge in [0.15, 0.2) is 5.84 Å². The third-order valence-corrected chi connectivity index (χ3v) is 5.48. The maximum absolute atomic E-state index is 12.1. The molecule has 0 bridgehead atoms. The van der Waals surface area contributed by atoms with Gasteiger partial charge < -0.3 is 9.64 Å². The van der Waals surface area contributed by atoms with Crippen molar-refractivity contribution in [3.05, 3.63) is 29.8 Å². The molecule has 0 spiro atoms. The number of rotatable bonds is 2. The smallest absolute Gasteiger partial charge is 0.313 e. The molecule has 1 unspecified atom stereocenters. The van der Waals surface area contributed by atoms with Crippen molar-refractivity contribution in [1.29, 1.82) is 0 Å². The summed E-state index contributed by atoms with van der Waals surface area (Å²) in [6, 6.07) is 6.78. The second-order valence-corrected chi connectivity index (χ2v) is 7.41. The van der Waals surface area contributed by atoms with Gasteiger partial charge in [-0.15, -0.1) is 4.40 Å². The van der Waals surface area contributed by atoms with E-state index in [1.807, 2.05) is 11.8 Å². The largest absolute Gasteiger partial charge is 0.466 e. The van der Waals surface area contributed by atoms with Crippen molar-refractivity contribution >= 4 is 21.8 Å². The number of hydrogen-bond acceptors (Lipinski definition) is 5. The Labute approximate surface area is 129 Å². The fourth-order valence-electron chi connectivity index (χ4n) is 2.93. The van der Waals surface area contributed by atoms with Crippen LogP contribution in [-0.4, -0.2) is 44.8 Å². The van der Waals surface area contributed by atoms with E-state index in [1.165, 1.54) is 0 Å². The SMILES string of the molecule is CCOC(=O)C1(C)CCN(C2=NS(=O)(=O)c3ccccc32)C1. The van der Waals surface area contributed by atoms with Crippen molar-refractivity contribution in [3.63, 3.8) is 0 Å². The van der Waals surface area contributed by atoms with E-state index in [0.29, 0.717) is 37.5 Å². The van der Waals surface area contributed by atoms with Gasteiger partial charge in [-0.05, 0) is 32.4 Å². The number of nitrogens with zero attached hydrogens (tertiary/aromatic N) is 2. The summed E-state index contributed by atoms with van der Waals surface area (Å²) in [5.74, 6) is 0.191. The Morgan fingerprint density at radius 3 is 2.86 bits per heavy atom. The topological polar surface area (TPSA) is 76.0 Å². The molecular formula is C15H18N2O4S. The van der Waals surface area contributed by atoms with Crippen LogP contribution in [0.1, 0.15) is 25.8 Å². The number of carbonyl (C=O) groups excluding carboxylic acids is 1. The number of esters is 1. The lowest BCUT2D eigenvalue weighted by molar-refractivity contribution is -0.153. The van der Waals surface area contributed by atoms with E-state index in [0.717, 1.165) is 0 Å². The van der Waals surface area contributed by atoms with Crippen LogP contribution in [0.15, 0.2) is 33.6 Å². The summed E-state index contributed by atoms with van der Waals surface area (Å²) in [7, 11) is -3.63. The molecule has 1 fully saturated rings. The van der Waals surface area contributed by atoms with Crippen molar-refractivity contribution in [3.8, 4) is 0 Å². The quantitative estimate of drug-likeness (QED) is 0.770. The second kappa shape index (κ2) is 5.08. The Balaban J connectivity index is 1.90. The standard InChI is InChI=1S/C15H18N2O4S/c1-3-21-14(18)15(2)8-9-17(10-15)13-11-6-4-5-7-12(11)22(19,20)16-13/h4-7H,3,8-10H2,1-2H3. The Hall–Kier alpha value is -1.89. The van der Waals surface area contributed by atoms with E-state index in [2.05, 4.69) is 4.40 Å². The molecule has 2 aliphatic heterocycles. The average molecular weight is 322 g/mol. The normalized spacial score (nSPS) is 25.7. The van der Waals surface area contributed by atoms with E-state index >= 15 is 0 Å². The highest BCUT2D eigenvalue weighted by Gasteiger charge is 2.44. The van der Waals surface area contributed by atoms with E-state index < -0.39 is 15.4 Å². The van der Waals surface area contributed by atoms with Gasteiger partial charge in [-0.25, -0.2) is 0 Å². The summed E-state index contributed by atoms with van der Waals surface area (Å²) in [6.45, 7) is 4.96. The summed E-state index contributed by atoms with van der Waals surface area (Å²) >= 11 is 0. The van der Waals surface area contributed by atoms with Gasteiger partial charge in [0.2, 0.25) is 0 Å². The third-order valence-electron chi connectivity index (χ3n) is 4.15. The summed E-state index contributed by atoms with van der Waals surface area (Å²) in [5.41, 5.74) is -0.0181. The Morgan fingerprint density at radius 1 is 1.41 bits per heavy atom. The van der Waals surface area contributed by atoms with Crippen LogP contribution in [0, 0.1) is 5.41 Å². The molecule has 22 heavy (non-hydrogen) atoms. The lowest BCUT2D eigenvalue weighted by Gasteiger charge is -2.23. The first-order chi connectivity index (χ1) is 10.4. The van der Waals surface area contributed by atoms with Gasteiger partial charge in [-0.1, -0.05) is 12.1 Å². The molecule has 1 saturated heterocycles. The van der Waals surface area contributed by atoms with Gasteiger partial charge in [0.25, 0.3) is 10.0 Å². The zero-order valence-corrected chi connectivity index (χ0v) is 13.4. The number of sulfonamides is 1. The number of fused-ring (bicyclic) bond motifs is 1. The number of carbonyl (C=O) groups is 1. The van der Waals surface area contributed by atoms with Crippen molar-refractivity contribution in [2.45, 2.75) is 25.2 Å². The molecule has 7 heteroatoms. The number of amidine groups is 1. The molecule has 118 valence electrons. The van der Waals surface area contributed by atoms with Crippen molar-refractivity contribution < 1.29 is 17.9 Å². The van der Waals surface area contributed by atoms with Crippen LogP contribution in [0.4, 0.5) is 0 Å². The molecule has 1 aromatic carbocycles. The van der Waals surface area contributed by atoms with Crippen LogP contribution < -0.4 is 0 Å². The molecule has 0 aromatic heterocycles. The fraction of sp³-hybridized carbons (Fsp3) is 0.467. The molecule has 6 nitrogen and oxygen atoms in total. The van der Waals surface area contributed by atoms with E-state index in [1.54, 1.807) is 31.2 Å². The fourth-order valence-corrected chi connectivity index (χ4v) is 4.16. The number of hydrogen-bond donors (Lipinski definition) is 0. The van der Waals surface area contributed by atoms with Gasteiger partial charge in [-0.2, -0.15) is 8.42 Å². The molecule has 1 atom stereocenters. The summed E-state index contributed by atoms with van der Waals surface area (Å²) in [4.78, 5) is 14.2. The highest BCUT2D eigenvalue weighted by Crippen LogP contribution is 2.35. The van der Waals surface area contributed by atoms with E-state index in [9.17, 15) is 13.2 Å². The molecule has 2 aliphatic rings. The number of likely N-dealkylation sites (tertiary alicyclic amines) is 1. The molecule has 3 rings (SSSR count). The molecule has 2 heterocycles. The minimum Gasteiger partial charge on any atom is -0.466 e. The second-order valence-electron chi connectivity index (χ2n) is 5.84. The third kappa shape index (κ3) is 2.29. The highest BCUT2D eigenvalue weighted by molar-refractivity contribution is 7.90. The molecule has 0 radical (unpaired) electrons. The Bertz CT molecular complexity index is 757. The van der Waals surface area contributed by atoms with Crippen LogP contribution in [-0.2, 0) is 19.6 Å². The Morgan fingerprint density at radius 2 is 2.14 bits per heavy atom. The average Bonchev–Trinajstić information content (AvgIpc) is 3.00. The maximum atomic E-state index is 12.1. The van der Waals surface area contributed by atoms with Crippen LogP contribution in [0.2, 0.25) is 0 Å². The molecule has 0 aliphatic carbocycles. The van der Waals surface area contributed by atoms with Gasteiger partial charge in [0, 0.05) is 18.7 Å². The molecule has 0 saturated carbocycles. The number of ether oxygens (including phenoxy) is 1. The molecule has 0 amide bonds. The monoisotopic (exact) mass is 322 g/mol. The van der Waals surface area contributed by atoms with Crippen LogP contribution in [0.25, 0.3) is 0 Å². The van der Waals surface area contributed by atoms with Gasteiger partial charge >= 0.3 is 5.97 Å². The van der Waals surface area contributed by atoms with Crippen LogP contribution in [0.5, 0.6) is 0 Å². The summed E-state index contributed by atoms with van der Waals surface area (Å²) < 4.78 is 33.3.